The summed E-state index contributed by atoms with van der Waals surface area (Å²) in [6.45, 7) is 2.35. The predicted octanol–water partition coefficient (Wildman–Crippen LogP) is 0.864. The van der Waals surface area contributed by atoms with Crippen molar-refractivity contribution in [3.63, 3.8) is 0 Å². The fraction of sp³-hybridized carbons (Fsp3) is 0.600. The van der Waals surface area contributed by atoms with Crippen molar-refractivity contribution in [3.05, 3.63) is 12.4 Å². The first-order chi connectivity index (χ1) is 7.34. The topological polar surface area (TPSA) is 70.3 Å². The number of hydrogen-bond donors (Lipinski definition) is 1. The van der Waals surface area contributed by atoms with E-state index in [9.17, 15) is 0 Å². The molecular formula is C10H15N3O2. The summed E-state index contributed by atoms with van der Waals surface area (Å²) in [6.07, 6.45) is 3.52. The van der Waals surface area contributed by atoms with Crippen molar-refractivity contribution < 1.29 is 9.47 Å². The Morgan fingerprint density at radius 1 is 1.40 bits per heavy atom. The van der Waals surface area contributed by atoms with E-state index in [1.807, 2.05) is 0 Å². The molecule has 2 heterocycles. The van der Waals surface area contributed by atoms with Gasteiger partial charge in [-0.25, -0.2) is 9.97 Å². The Balaban J connectivity index is 1.81. The van der Waals surface area contributed by atoms with E-state index < -0.39 is 0 Å². The Morgan fingerprint density at radius 2 is 2.20 bits per heavy atom. The number of hydrogen-bond acceptors (Lipinski definition) is 5. The molecule has 1 aromatic heterocycles. The van der Waals surface area contributed by atoms with E-state index in [1.165, 1.54) is 6.33 Å². The zero-order valence-electron chi connectivity index (χ0n) is 8.56. The Morgan fingerprint density at radius 3 is 2.93 bits per heavy atom. The summed E-state index contributed by atoms with van der Waals surface area (Å²) in [5.74, 6) is 1.55. The van der Waals surface area contributed by atoms with Gasteiger partial charge in [-0.3, -0.25) is 0 Å². The van der Waals surface area contributed by atoms with Crippen LogP contribution in [0.1, 0.15) is 12.8 Å². The molecule has 0 radical (unpaired) electrons. The molecule has 0 atom stereocenters. The zero-order chi connectivity index (χ0) is 10.5. The molecule has 0 aliphatic carbocycles. The van der Waals surface area contributed by atoms with Gasteiger partial charge in [-0.2, -0.15) is 0 Å². The molecule has 5 heteroatoms. The molecule has 0 amide bonds. The lowest BCUT2D eigenvalue weighted by Gasteiger charge is -2.21. The van der Waals surface area contributed by atoms with Crippen LogP contribution >= 0.6 is 0 Å². The number of ether oxygens (including phenoxy) is 2. The molecule has 0 bridgehead atoms. The standard InChI is InChI=1S/C10H15N3O2/c11-9-5-10(13-7-12-9)15-6-8-1-3-14-4-2-8/h5,7-8H,1-4,6H2,(H2,11,12,13). The van der Waals surface area contributed by atoms with Crippen LogP contribution < -0.4 is 10.5 Å². The van der Waals surface area contributed by atoms with Crippen LogP contribution in [0.15, 0.2) is 12.4 Å². The summed E-state index contributed by atoms with van der Waals surface area (Å²) in [4.78, 5) is 7.78. The largest absolute Gasteiger partial charge is 0.477 e. The number of nitrogens with zero attached hydrogens (tertiary/aromatic N) is 2. The van der Waals surface area contributed by atoms with Crippen LogP contribution in [0.5, 0.6) is 5.88 Å². The molecule has 15 heavy (non-hydrogen) atoms. The molecule has 1 saturated heterocycles. The first kappa shape index (κ1) is 10.2. The summed E-state index contributed by atoms with van der Waals surface area (Å²) < 4.78 is 10.8. The molecule has 0 spiro atoms. The second-order valence-corrected chi connectivity index (χ2v) is 3.65. The third-order valence-corrected chi connectivity index (χ3v) is 2.47. The highest BCUT2D eigenvalue weighted by Gasteiger charge is 2.14. The Labute approximate surface area is 88.6 Å². The maximum Gasteiger partial charge on any atom is 0.218 e. The quantitative estimate of drug-likeness (QED) is 0.799. The number of nitrogens with two attached hydrogens (primary N) is 1. The third-order valence-electron chi connectivity index (χ3n) is 2.47. The summed E-state index contributed by atoms with van der Waals surface area (Å²) in [5, 5.41) is 0. The van der Waals surface area contributed by atoms with Gasteiger partial charge in [0.15, 0.2) is 0 Å². The molecule has 0 unspecified atom stereocenters. The van der Waals surface area contributed by atoms with E-state index >= 15 is 0 Å². The van der Waals surface area contributed by atoms with Gasteiger partial charge in [-0.15, -0.1) is 0 Å². The average molecular weight is 209 g/mol. The van der Waals surface area contributed by atoms with Crippen molar-refractivity contribution in [2.75, 3.05) is 25.6 Å². The third kappa shape index (κ3) is 3.06. The van der Waals surface area contributed by atoms with Gasteiger partial charge < -0.3 is 15.2 Å². The molecule has 0 saturated carbocycles. The Kier molecular flexibility index (Phi) is 3.34. The molecule has 2 rings (SSSR count). The van der Waals surface area contributed by atoms with E-state index in [0.29, 0.717) is 24.2 Å². The normalized spacial score (nSPS) is 17.6. The predicted molar refractivity (Wildman–Crippen MR) is 55.5 cm³/mol. The van der Waals surface area contributed by atoms with Gasteiger partial charge in [0.2, 0.25) is 5.88 Å². The maximum absolute atomic E-state index is 5.54. The van der Waals surface area contributed by atoms with Crippen LogP contribution in [0.4, 0.5) is 5.82 Å². The summed E-state index contributed by atoms with van der Waals surface area (Å²) in [7, 11) is 0. The molecule has 2 N–H and O–H groups in total. The lowest BCUT2D eigenvalue weighted by Crippen LogP contribution is -2.21. The molecule has 1 fully saturated rings. The van der Waals surface area contributed by atoms with Crippen molar-refractivity contribution >= 4 is 5.82 Å². The van der Waals surface area contributed by atoms with Crippen molar-refractivity contribution in [1.82, 2.24) is 9.97 Å². The minimum atomic E-state index is 0.437. The van der Waals surface area contributed by atoms with Gasteiger partial charge in [-0.05, 0) is 18.8 Å². The van der Waals surface area contributed by atoms with Gasteiger partial charge in [0.1, 0.15) is 12.1 Å². The fourth-order valence-corrected chi connectivity index (χ4v) is 1.55. The second-order valence-electron chi connectivity index (χ2n) is 3.65. The molecule has 1 aliphatic heterocycles. The van der Waals surface area contributed by atoms with E-state index in [0.717, 1.165) is 26.1 Å². The van der Waals surface area contributed by atoms with E-state index in [2.05, 4.69) is 9.97 Å². The Hall–Kier alpha value is -1.36. The smallest absolute Gasteiger partial charge is 0.218 e. The summed E-state index contributed by atoms with van der Waals surface area (Å²) >= 11 is 0. The number of rotatable bonds is 3. The minimum absolute atomic E-state index is 0.437. The van der Waals surface area contributed by atoms with Crippen LogP contribution in [-0.2, 0) is 4.74 Å². The van der Waals surface area contributed by atoms with Crippen LogP contribution in [0.3, 0.4) is 0 Å². The number of nitrogen functional groups attached to an aromatic ring is 1. The summed E-state index contributed by atoms with van der Waals surface area (Å²) in [5.41, 5.74) is 5.52. The summed E-state index contributed by atoms with van der Waals surface area (Å²) in [6, 6.07) is 1.64. The van der Waals surface area contributed by atoms with E-state index in [4.69, 9.17) is 15.2 Å². The van der Waals surface area contributed by atoms with Gasteiger partial charge in [0, 0.05) is 19.3 Å². The lowest BCUT2D eigenvalue weighted by atomic mass is 10.0. The maximum atomic E-state index is 5.54. The van der Waals surface area contributed by atoms with Crippen LogP contribution in [-0.4, -0.2) is 29.8 Å². The van der Waals surface area contributed by atoms with Crippen molar-refractivity contribution in [2.24, 2.45) is 5.92 Å². The molecule has 1 aromatic rings. The lowest BCUT2D eigenvalue weighted by molar-refractivity contribution is 0.0490. The first-order valence-electron chi connectivity index (χ1n) is 5.12. The molecular weight excluding hydrogens is 194 g/mol. The van der Waals surface area contributed by atoms with E-state index in [-0.39, 0.29) is 0 Å². The van der Waals surface area contributed by atoms with Gasteiger partial charge in [0.25, 0.3) is 0 Å². The van der Waals surface area contributed by atoms with Crippen LogP contribution in [0, 0.1) is 5.92 Å². The minimum Gasteiger partial charge on any atom is -0.477 e. The fourth-order valence-electron chi connectivity index (χ4n) is 1.55. The van der Waals surface area contributed by atoms with Crippen molar-refractivity contribution in [3.8, 4) is 5.88 Å². The monoisotopic (exact) mass is 209 g/mol. The van der Waals surface area contributed by atoms with E-state index in [1.54, 1.807) is 6.07 Å². The van der Waals surface area contributed by atoms with Gasteiger partial charge in [0.05, 0.1) is 6.61 Å². The number of anilines is 1. The van der Waals surface area contributed by atoms with Crippen molar-refractivity contribution in [2.45, 2.75) is 12.8 Å². The van der Waals surface area contributed by atoms with Crippen molar-refractivity contribution in [1.29, 1.82) is 0 Å². The SMILES string of the molecule is Nc1cc(OCC2CCOCC2)ncn1. The molecule has 82 valence electrons. The molecule has 1 aliphatic rings. The highest BCUT2D eigenvalue weighted by Crippen LogP contribution is 2.16. The average Bonchev–Trinajstić information content (AvgIpc) is 2.28. The number of aromatic nitrogens is 2. The van der Waals surface area contributed by atoms with Gasteiger partial charge >= 0.3 is 0 Å². The molecule has 0 aromatic carbocycles. The zero-order valence-corrected chi connectivity index (χ0v) is 8.56. The second kappa shape index (κ2) is 4.93. The first-order valence-corrected chi connectivity index (χ1v) is 5.12. The Bertz CT molecular complexity index is 313. The highest BCUT2D eigenvalue weighted by molar-refractivity contribution is 5.30. The molecule has 5 nitrogen and oxygen atoms in total. The highest BCUT2D eigenvalue weighted by atomic mass is 16.5. The van der Waals surface area contributed by atoms with Crippen LogP contribution in [0.25, 0.3) is 0 Å². The van der Waals surface area contributed by atoms with Gasteiger partial charge in [-0.1, -0.05) is 0 Å². The van der Waals surface area contributed by atoms with Crippen LogP contribution in [0.2, 0.25) is 0 Å².